The molecule has 0 aromatic carbocycles. The van der Waals surface area contributed by atoms with E-state index in [1.165, 1.54) is 0 Å². The monoisotopic (exact) mass is 504 g/mol. The number of rotatable bonds is 27. The van der Waals surface area contributed by atoms with Gasteiger partial charge in [-0.05, 0) is 19.6 Å². The molecule has 0 bridgehead atoms. The minimum Gasteiger partial charge on any atom is -0.415 e. The summed E-state index contributed by atoms with van der Waals surface area (Å²) in [6.45, 7) is 15.9. The molecule has 0 amide bonds. The molecule has 0 aliphatic rings. The third-order valence-electron chi connectivity index (χ3n) is 3.59. The second kappa shape index (κ2) is 25.8. The smallest absolute Gasteiger partial charge is 0.183 e. The van der Waals surface area contributed by atoms with Crippen LogP contribution in [-0.4, -0.2) is 127 Å². The molecule has 0 atom stereocenters. The van der Waals surface area contributed by atoms with Crippen molar-refractivity contribution in [2.75, 3.05) is 118 Å². The van der Waals surface area contributed by atoms with Gasteiger partial charge in [-0.2, -0.15) is 0 Å². The fourth-order valence-corrected chi connectivity index (χ4v) is 2.91. The van der Waals surface area contributed by atoms with E-state index < -0.39 is 8.32 Å². The van der Waals surface area contributed by atoms with Crippen LogP contribution in [0.1, 0.15) is 0 Å². The van der Waals surface area contributed by atoms with Gasteiger partial charge < -0.3 is 42.3 Å². The molecule has 0 heterocycles. The van der Waals surface area contributed by atoms with Gasteiger partial charge in [-0.3, -0.25) is 0 Å². The fraction of sp³-hybridized carbons (Fsp3) is 1.00. The topological polar surface area (TPSA) is 83.1 Å². The summed E-state index contributed by atoms with van der Waals surface area (Å²) in [5.41, 5.74) is 0. The Bertz CT molecular complexity index is 363. The van der Waals surface area contributed by atoms with Crippen LogP contribution in [-0.2, 0) is 42.3 Å². The van der Waals surface area contributed by atoms with E-state index in [1.807, 2.05) is 0 Å². The Morgan fingerprint density at radius 2 is 0.594 bits per heavy atom. The van der Waals surface area contributed by atoms with E-state index in [0.29, 0.717) is 118 Å². The molecule has 0 fully saturated rings. The van der Waals surface area contributed by atoms with Gasteiger partial charge in [0, 0.05) is 5.88 Å². The molecule has 0 rings (SSSR count). The summed E-state index contributed by atoms with van der Waals surface area (Å²) in [6, 6.07) is 0. The van der Waals surface area contributed by atoms with Gasteiger partial charge in [-0.1, -0.05) is 0 Å². The van der Waals surface area contributed by atoms with Gasteiger partial charge in [0.2, 0.25) is 0 Å². The molecule has 0 aromatic heterocycles. The maximum Gasteiger partial charge on any atom is 0.183 e. The molecule has 0 N–H and O–H groups in total. The molecule has 0 aliphatic carbocycles. The minimum absolute atomic E-state index is 0.504. The van der Waals surface area contributed by atoms with Crippen molar-refractivity contribution in [3.05, 3.63) is 0 Å². The number of hydrogen-bond acceptors (Lipinski definition) is 9. The van der Waals surface area contributed by atoms with Crippen molar-refractivity contribution in [3.8, 4) is 0 Å². The van der Waals surface area contributed by atoms with Crippen molar-refractivity contribution in [1.29, 1.82) is 0 Å². The maximum atomic E-state index is 5.70. The lowest BCUT2D eigenvalue weighted by Crippen LogP contribution is -2.27. The van der Waals surface area contributed by atoms with Crippen LogP contribution >= 0.6 is 11.6 Å². The first-order valence-electron chi connectivity index (χ1n) is 11.4. The Morgan fingerprint density at radius 1 is 0.375 bits per heavy atom. The average Bonchev–Trinajstić information content (AvgIpc) is 2.75. The van der Waals surface area contributed by atoms with Crippen molar-refractivity contribution in [3.63, 3.8) is 0 Å². The van der Waals surface area contributed by atoms with Crippen molar-refractivity contribution >= 4 is 19.9 Å². The first-order chi connectivity index (χ1) is 15.6. The van der Waals surface area contributed by atoms with Crippen LogP contribution in [0.2, 0.25) is 19.6 Å². The van der Waals surface area contributed by atoms with E-state index in [1.54, 1.807) is 0 Å². The van der Waals surface area contributed by atoms with Crippen LogP contribution < -0.4 is 0 Å². The van der Waals surface area contributed by atoms with Crippen molar-refractivity contribution < 1.29 is 42.3 Å². The molecule has 32 heavy (non-hydrogen) atoms. The van der Waals surface area contributed by atoms with Crippen LogP contribution in [0.4, 0.5) is 0 Å². The summed E-state index contributed by atoms with van der Waals surface area (Å²) in [6.07, 6.45) is 0. The van der Waals surface area contributed by atoms with Crippen LogP contribution in [0.3, 0.4) is 0 Å². The lowest BCUT2D eigenvalue weighted by Gasteiger charge is -2.16. The van der Waals surface area contributed by atoms with Crippen LogP contribution in [0.25, 0.3) is 0 Å². The first kappa shape index (κ1) is 32.1. The minimum atomic E-state index is -1.44. The predicted octanol–water partition coefficient (Wildman–Crippen LogP) is 2.21. The number of halogens is 1. The highest BCUT2D eigenvalue weighted by molar-refractivity contribution is 6.69. The summed E-state index contributed by atoms with van der Waals surface area (Å²) in [4.78, 5) is 0. The molecule has 194 valence electrons. The van der Waals surface area contributed by atoms with E-state index >= 15 is 0 Å². The lowest BCUT2D eigenvalue weighted by atomic mass is 10.6. The van der Waals surface area contributed by atoms with E-state index in [9.17, 15) is 0 Å². The molecule has 0 radical (unpaired) electrons. The summed E-state index contributed by atoms with van der Waals surface area (Å²) in [5, 5.41) is 0. The molecule has 0 saturated carbocycles. The Labute approximate surface area is 200 Å². The summed E-state index contributed by atoms with van der Waals surface area (Å²) >= 11 is 5.49. The Balaban J connectivity index is 3.02. The second-order valence-corrected chi connectivity index (χ2v) is 12.4. The molecular formula is C21H45ClO9Si. The maximum absolute atomic E-state index is 5.70. The number of hydrogen-bond donors (Lipinski definition) is 0. The Hall–Kier alpha value is 0.147. The van der Waals surface area contributed by atoms with Crippen LogP contribution in [0.5, 0.6) is 0 Å². The zero-order valence-corrected chi connectivity index (χ0v) is 22.0. The van der Waals surface area contributed by atoms with Gasteiger partial charge in [-0.15, -0.1) is 11.6 Å². The highest BCUT2D eigenvalue weighted by atomic mass is 35.5. The predicted molar refractivity (Wildman–Crippen MR) is 127 cm³/mol. The second-order valence-electron chi connectivity index (χ2n) is 7.55. The van der Waals surface area contributed by atoms with E-state index in [4.69, 9.17) is 53.9 Å². The quantitative estimate of drug-likeness (QED) is 0.0949. The zero-order chi connectivity index (χ0) is 23.6. The van der Waals surface area contributed by atoms with Gasteiger partial charge in [0.15, 0.2) is 8.32 Å². The number of alkyl halides is 1. The highest BCUT2D eigenvalue weighted by Gasteiger charge is 2.12. The van der Waals surface area contributed by atoms with Gasteiger partial charge in [0.25, 0.3) is 0 Å². The summed E-state index contributed by atoms with van der Waals surface area (Å²) in [7, 11) is -1.44. The van der Waals surface area contributed by atoms with E-state index in [-0.39, 0.29) is 0 Å². The van der Waals surface area contributed by atoms with Crippen LogP contribution in [0.15, 0.2) is 0 Å². The van der Waals surface area contributed by atoms with Gasteiger partial charge >= 0.3 is 0 Å². The number of ether oxygens (including phenoxy) is 8. The molecule has 0 aliphatic heterocycles. The van der Waals surface area contributed by atoms with Crippen molar-refractivity contribution in [2.24, 2.45) is 0 Å². The summed E-state index contributed by atoms with van der Waals surface area (Å²) in [5.74, 6) is 0.504. The van der Waals surface area contributed by atoms with Gasteiger partial charge in [0.05, 0.1) is 112 Å². The largest absolute Gasteiger partial charge is 0.415 e. The standard InChI is InChI=1S/C21H45ClO9Si/c1-32(2,3)31-21-20-30-19-18-29-17-16-28-15-14-27-13-12-26-11-10-25-9-8-24-7-6-23-5-4-22/h4-21H2,1-3H3. The SMILES string of the molecule is C[Si](C)(C)OCCOCCOCCOCCOCCOCCOCCOCCOCCCl. The third-order valence-corrected chi connectivity index (χ3v) is 4.81. The molecule has 0 saturated heterocycles. The third kappa shape index (κ3) is 30.1. The average molecular weight is 505 g/mol. The lowest BCUT2D eigenvalue weighted by molar-refractivity contribution is -0.0234. The molecule has 0 spiro atoms. The highest BCUT2D eigenvalue weighted by Crippen LogP contribution is 2.01. The molecule has 9 nitrogen and oxygen atoms in total. The Kier molecular flexibility index (Phi) is 25.9. The normalized spacial score (nSPS) is 12.0. The zero-order valence-electron chi connectivity index (χ0n) is 20.3. The first-order valence-corrected chi connectivity index (χ1v) is 15.3. The molecule has 0 aromatic rings. The molecule has 11 heteroatoms. The van der Waals surface area contributed by atoms with Crippen molar-refractivity contribution in [2.45, 2.75) is 19.6 Å². The van der Waals surface area contributed by atoms with E-state index in [0.717, 1.165) is 0 Å². The van der Waals surface area contributed by atoms with Gasteiger partial charge in [0.1, 0.15) is 0 Å². The summed E-state index contributed by atoms with van der Waals surface area (Å²) < 4.78 is 48.8. The van der Waals surface area contributed by atoms with E-state index in [2.05, 4.69) is 19.6 Å². The van der Waals surface area contributed by atoms with Gasteiger partial charge in [-0.25, -0.2) is 0 Å². The molecular weight excluding hydrogens is 460 g/mol. The fourth-order valence-electron chi connectivity index (χ4n) is 2.10. The van der Waals surface area contributed by atoms with Crippen molar-refractivity contribution in [1.82, 2.24) is 0 Å². The molecule has 0 unspecified atom stereocenters. The Morgan fingerprint density at radius 3 is 0.812 bits per heavy atom. The van der Waals surface area contributed by atoms with Crippen LogP contribution in [0, 0.1) is 0 Å².